The molecule has 0 bridgehead atoms. The van der Waals surface area contributed by atoms with Gasteiger partial charge in [-0.05, 0) is 54.4 Å². The molecule has 0 fully saturated rings. The number of anilines is 2. The second-order valence-electron chi connectivity index (χ2n) is 7.64. The average molecular weight is 450 g/mol. The van der Waals surface area contributed by atoms with Crippen LogP contribution in [-0.4, -0.2) is 20.2 Å². The summed E-state index contributed by atoms with van der Waals surface area (Å²) >= 11 is 0. The number of amides is 1. The van der Waals surface area contributed by atoms with Crippen LogP contribution in [0.2, 0.25) is 0 Å². The lowest BCUT2D eigenvalue weighted by Crippen LogP contribution is -2.25. The summed E-state index contributed by atoms with van der Waals surface area (Å²) in [6, 6.07) is 23.2. The van der Waals surface area contributed by atoms with Gasteiger partial charge in [0.25, 0.3) is 10.0 Å². The van der Waals surface area contributed by atoms with Gasteiger partial charge in [-0.25, -0.2) is 0 Å². The minimum atomic E-state index is -3.73. The quantitative estimate of drug-likeness (QED) is 0.526. The van der Waals surface area contributed by atoms with E-state index in [4.69, 9.17) is 4.74 Å². The first kappa shape index (κ1) is 21.6. The normalized spacial score (nSPS) is 15.0. The van der Waals surface area contributed by atoms with Crippen molar-refractivity contribution in [3.63, 3.8) is 0 Å². The van der Waals surface area contributed by atoms with E-state index in [0.29, 0.717) is 29.4 Å². The zero-order valence-corrected chi connectivity index (χ0v) is 18.3. The Labute approximate surface area is 187 Å². The van der Waals surface area contributed by atoms with Crippen molar-refractivity contribution >= 4 is 33.1 Å². The number of hydrogen-bond donors (Lipinski definition) is 2. The summed E-state index contributed by atoms with van der Waals surface area (Å²) < 4.78 is 34.3. The Morgan fingerprint density at radius 3 is 2.38 bits per heavy atom. The van der Waals surface area contributed by atoms with E-state index >= 15 is 0 Å². The topological polar surface area (TPSA) is 96.9 Å². The minimum Gasteiger partial charge on any atom is -0.457 e. The summed E-state index contributed by atoms with van der Waals surface area (Å²) in [5.41, 5.74) is 1.17. The molecular weight excluding hydrogens is 426 g/mol. The number of sulfonamides is 1. The lowest BCUT2D eigenvalue weighted by molar-refractivity contribution is -0.116. The molecule has 1 aliphatic heterocycles. The molecule has 1 unspecified atom stereocenters. The predicted octanol–water partition coefficient (Wildman–Crippen LogP) is 5.05. The van der Waals surface area contributed by atoms with Gasteiger partial charge in [0.2, 0.25) is 5.91 Å². The maximum atomic E-state index is 12.4. The molecular formula is C24H23N3O4S. The van der Waals surface area contributed by atoms with Crippen molar-refractivity contribution in [3.05, 3.63) is 78.9 Å². The molecule has 164 valence electrons. The first-order valence-electron chi connectivity index (χ1n) is 10.2. The van der Waals surface area contributed by atoms with E-state index < -0.39 is 10.0 Å². The summed E-state index contributed by atoms with van der Waals surface area (Å²) in [6.07, 6.45) is 0.565. The molecule has 0 aromatic heterocycles. The number of fused-ring (bicyclic) bond motifs is 1. The van der Waals surface area contributed by atoms with E-state index in [0.717, 1.165) is 5.75 Å². The molecule has 0 radical (unpaired) electrons. The van der Waals surface area contributed by atoms with Crippen LogP contribution >= 0.6 is 0 Å². The Hall–Kier alpha value is -3.65. The monoisotopic (exact) mass is 449 g/mol. The lowest BCUT2D eigenvalue weighted by atomic mass is 10.0. The fourth-order valence-corrected chi connectivity index (χ4v) is 4.57. The molecule has 1 amide bonds. The number of carbonyl (C=O) groups is 1. The molecule has 8 heteroatoms. The van der Waals surface area contributed by atoms with Gasteiger partial charge in [-0.1, -0.05) is 37.3 Å². The number of amidine groups is 1. The molecule has 7 nitrogen and oxygen atoms in total. The highest BCUT2D eigenvalue weighted by Crippen LogP contribution is 2.28. The van der Waals surface area contributed by atoms with Crippen LogP contribution < -0.4 is 15.4 Å². The van der Waals surface area contributed by atoms with Crippen molar-refractivity contribution in [1.29, 1.82) is 0 Å². The number of hydrogen-bond acceptors (Lipinski definition) is 5. The molecule has 3 aromatic carbocycles. The largest absolute Gasteiger partial charge is 0.457 e. The fourth-order valence-electron chi connectivity index (χ4n) is 3.42. The summed E-state index contributed by atoms with van der Waals surface area (Å²) in [5.74, 6) is 1.48. The summed E-state index contributed by atoms with van der Waals surface area (Å²) in [6.45, 7) is 1.88. The third-order valence-electron chi connectivity index (χ3n) is 4.87. The van der Waals surface area contributed by atoms with Crippen molar-refractivity contribution in [1.82, 2.24) is 0 Å². The van der Waals surface area contributed by atoms with Gasteiger partial charge in [-0.3, -0.25) is 4.79 Å². The minimum absolute atomic E-state index is 0.109. The molecule has 0 saturated carbocycles. The Kier molecular flexibility index (Phi) is 6.23. The van der Waals surface area contributed by atoms with Gasteiger partial charge in [0.15, 0.2) is 0 Å². The average Bonchev–Trinajstić information content (AvgIpc) is 2.75. The first-order chi connectivity index (χ1) is 15.4. The number of para-hydroxylation sites is 2. The molecule has 1 aliphatic rings. The van der Waals surface area contributed by atoms with Crippen LogP contribution in [0, 0.1) is 5.92 Å². The number of ether oxygens (including phenoxy) is 1. The Morgan fingerprint density at radius 1 is 0.969 bits per heavy atom. The van der Waals surface area contributed by atoms with E-state index in [9.17, 15) is 13.2 Å². The SMILES string of the molecule is CC(CC(=O)Nc1ccc(Oc2ccccc2)cc1)CC1=NS(=O)(=O)c2ccccc2N1. The first-order valence-corrected chi connectivity index (χ1v) is 11.7. The summed E-state index contributed by atoms with van der Waals surface area (Å²) in [4.78, 5) is 12.6. The lowest BCUT2D eigenvalue weighted by Gasteiger charge is -2.20. The van der Waals surface area contributed by atoms with E-state index in [-0.39, 0.29) is 23.1 Å². The van der Waals surface area contributed by atoms with Crippen molar-refractivity contribution in [2.45, 2.75) is 24.7 Å². The third kappa shape index (κ3) is 5.33. The number of nitrogens with zero attached hydrogens (tertiary/aromatic N) is 1. The van der Waals surface area contributed by atoms with E-state index in [1.54, 1.807) is 42.5 Å². The zero-order chi connectivity index (χ0) is 22.6. The van der Waals surface area contributed by atoms with Crippen molar-refractivity contribution in [3.8, 4) is 11.5 Å². The van der Waals surface area contributed by atoms with Crippen LogP contribution in [-0.2, 0) is 14.8 Å². The van der Waals surface area contributed by atoms with Gasteiger partial charge in [0.05, 0.1) is 5.69 Å². The van der Waals surface area contributed by atoms with E-state index in [2.05, 4.69) is 15.0 Å². The smallest absolute Gasteiger partial charge is 0.286 e. The summed E-state index contributed by atoms with van der Waals surface area (Å²) in [5, 5.41) is 5.92. The molecule has 1 atom stereocenters. The predicted molar refractivity (Wildman–Crippen MR) is 125 cm³/mol. The highest BCUT2D eigenvalue weighted by Gasteiger charge is 2.25. The van der Waals surface area contributed by atoms with Gasteiger partial charge in [-0.2, -0.15) is 8.42 Å². The maximum Gasteiger partial charge on any atom is 0.286 e. The molecule has 32 heavy (non-hydrogen) atoms. The second kappa shape index (κ2) is 9.23. The van der Waals surface area contributed by atoms with Gasteiger partial charge >= 0.3 is 0 Å². The number of rotatable bonds is 7. The summed E-state index contributed by atoms with van der Waals surface area (Å²) in [7, 11) is -3.73. The zero-order valence-electron chi connectivity index (χ0n) is 17.5. The highest BCUT2D eigenvalue weighted by molar-refractivity contribution is 7.90. The highest BCUT2D eigenvalue weighted by atomic mass is 32.2. The molecule has 4 rings (SSSR count). The standard InChI is InChI=1S/C24H23N3O4S/c1-17(15-23-26-21-9-5-6-10-22(21)32(29,30)27-23)16-24(28)25-18-11-13-20(14-12-18)31-19-7-3-2-4-8-19/h2-14,17H,15-16H2,1H3,(H,25,28)(H,26,27). The third-order valence-corrected chi connectivity index (χ3v) is 6.24. The van der Waals surface area contributed by atoms with E-state index in [1.165, 1.54) is 6.07 Å². The Morgan fingerprint density at radius 2 is 1.62 bits per heavy atom. The van der Waals surface area contributed by atoms with Crippen molar-refractivity contribution in [2.75, 3.05) is 10.6 Å². The molecule has 2 N–H and O–H groups in total. The molecule has 0 aliphatic carbocycles. The second-order valence-corrected chi connectivity index (χ2v) is 9.21. The van der Waals surface area contributed by atoms with Gasteiger partial charge in [-0.15, -0.1) is 4.40 Å². The van der Waals surface area contributed by atoms with Crippen LogP contribution in [0.3, 0.4) is 0 Å². The van der Waals surface area contributed by atoms with Crippen LogP contribution in [0.5, 0.6) is 11.5 Å². The number of benzene rings is 3. The number of carbonyl (C=O) groups excluding carboxylic acids is 1. The van der Waals surface area contributed by atoms with Gasteiger partial charge in [0, 0.05) is 18.5 Å². The molecule has 3 aromatic rings. The maximum absolute atomic E-state index is 12.4. The Bertz CT molecular complexity index is 1240. The van der Waals surface area contributed by atoms with Crippen LogP contribution in [0.1, 0.15) is 19.8 Å². The van der Waals surface area contributed by atoms with E-state index in [1.807, 2.05) is 37.3 Å². The van der Waals surface area contributed by atoms with Crippen molar-refractivity contribution in [2.24, 2.45) is 10.3 Å². The van der Waals surface area contributed by atoms with Crippen LogP contribution in [0.15, 0.2) is 88.2 Å². The molecule has 1 heterocycles. The van der Waals surface area contributed by atoms with Gasteiger partial charge < -0.3 is 15.4 Å². The van der Waals surface area contributed by atoms with Gasteiger partial charge in [0.1, 0.15) is 22.2 Å². The molecule has 0 spiro atoms. The Balaban J connectivity index is 1.31. The number of nitrogens with one attached hydrogen (secondary N) is 2. The van der Waals surface area contributed by atoms with Crippen molar-refractivity contribution < 1.29 is 17.9 Å². The fraction of sp³-hybridized carbons (Fsp3) is 0.167. The molecule has 0 saturated heterocycles. The van der Waals surface area contributed by atoms with Crippen LogP contribution in [0.25, 0.3) is 0 Å². The van der Waals surface area contributed by atoms with Crippen LogP contribution in [0.4, 0.5) is 11.4 Å².